The normalized spacial score (nSPS) is 24.4. The Morgan fingerprint density at radius 1 is 1.38 bits per heavy atom. The zero-order valence-corrected chi connectivity index (χ0v) is 9.66. The standard InChI is InChI=1S/C13H16N2O/c1-8-5-11(6-8)15-10-3-4-13-12(7-10)14-9(2)16-13/h3-4,7-8,11,15H,5-6H2,1-2H3. The lowest BCUT2D eigenvalue weighted by Gasteiger charge is -2.34. The maximum Gasteiger partial charge on any atom is 0.192 e. The predicted molar refractivity (Wildman–Crippen MR) is 64.6 cm³/mol. The Hall–Kier alpha value is -1.51. The average molecular weight is 216 g/mol. The second-order valence-corrected chi connectivity index (χ2v) is 4.83. The maximum absolute atomic E-state index is 5.45. The molecule has 84 valence electrons. The molecule has 3 nitrogen and oxygen atoms in total. The maximum atomic E-state index is 5.45. The zero-order chi connectivity index (χ0) is 11.1. The van der Waals surface area contributed by atoms with Gasteiger partial charge in [0, 0.05) is 18.7 Å². The smallest absolute Gasteiger partial charge is 0.192 e. The van der Waals surface area contributed by atoms with Gasteiger partial charge in [-0.05, 0) is 37.0 Å². The molecule has 0 bridgehead atoms. The summed E-state index contributed by atoms with van der Waals surface area (Å²) in [6, 6.07) is 6.75. The van der Waals surface area contributed by atoms with Gasteiger partial charge in [-0.25, -0.2) is 4.98 Å². The molecule has 0 saturated heterocycles. The second kappa shape index (κ2) is 3.51. The van der Waals surface area contributed by atoms with Crippen LogP contribution in [0, 0.1) is 12.8 Å². The van der Waals surface area contributed by atoms with E-state index in [0.29, 0.717) is 6.04 Å². The van der Waals surface area contributed by atoms with Crippen LogP contribution in [0.15, 0.2) is 22.6 Å². The van der Waals surface area contributed by atoms with Crippen molar-refractivity contribution in [1.29, 1.82) is 0 Å². The molecule has 3 rings (SSSR count). The number of oxazole rings is 1. The van der Waals surface area contributed by atoms with Gasteiger partial charge in [-0.1, -0.05) is 6.92 Å². The van der Waals surface area contributed by atoms with Gasteiger partial charge in [0.2, 0.25) is 0 Å². The van der Waals surface area contributed by atoms with Crippen molar-refractivity contribution >= 4 is 16.8 Å². The van der Waals surface area contributed by atoms with E-state index in [0.717, 1.165) is 28.6 Å². The minimum atomic E-state index is 0.639. The van der Waals surface area contributed by atoms with Crippen LogP contribution in [0.25, 0.3) is 11.1 Å². The number of nitrogens with one attached hydrogen (secondary N) is 1. The van der Waals surface area contributed by atoms with Crippen LogP contribution in [0.5, 0.6) is 0 Å². The van der Waals surface area contributed by atoms with E-state index in [1.54, 1.807) is 0 Å². The first-order valence-corrected chi connectivity index (χ1v) is 5.84. The van der Waals surface area contributed by atoms with Crippen LogP contribution in [0.2, 0.25) is 0 Å². The number of aryl methyl sites for hydroxylation is 1. The number of benzene rings is 1. The van der Waals surface area contributed by atoms with E-state index in [-0.39, 0.29) is 0 Å². The molecule has 1 aromatic heterocycles. The number of hydrogen-bond acceptors (Lipinski definition) is 3. The van der Waals surface area contributed by atoms with Crippen molar-refractivity contribution in [1.82, 2.24) is 4.98 Å². The molecule has 1 aliphatic rings. The molecular formula is C13H16N2O. The van der Waals surface area contributed by atoms with E-state index >= 15 is 0 Å². The Labute approximate surface area is 94.9 Å². The molecule has 0 atom stereocenters. The molecule has 1 aromatic carbocycles. The van der Waals surface area contributed by atoms with Crippen molar-refractivity contribution in [3.05, 3.63) is 24.1 Å². The minimum absolute atomic E-state index is 0.639. The lowest BCUT2D eigenvalue weighted by Crippen LogP contribution is -2.33. The van der Waals surface area contributed by atoms with E-state index in [1.807, 2.05) is 13.0 Å². The molecule has 0 unspecified atom stereocenters. The van der Waals surface area contributed by atoms with Crippen LogP contribution < -0.4 is 5.32 Å². The molecule has 0 aliphatic heterocycles. The van der Waals surface area contributed by atoms with Gasteiger partial charge in [-0.15, -0.1) is 0 Å². The number of rotatable bonds is 2. The molecule has 1 heterocycles. The molecule has 1 fully saturated rings. The van der Waals surface area contributed by atoms with E-state index in [2.05, 4.69) is 29.4 Å². The molecule has 2 aromatic rings. The van der Waals surface area contributed by atoms with Gasteiger partial charge in [0.15, 0.2) is 11.5 Å². The average Bonchev–Trinajstić information content (AvgIpc) is 2.55. The molecular weight excluding hydrogens is 200 g/mol. The van der Waals surface area contributed by atoms with Crippen molar-refractivity contribution in [2.75, 3.05) is 5.32 Å². The third kappa shape index (κ3) is 1.66. The van der Waals surface area contributed by atoms with Crippen LogP contribution in [-0.4, -0.2) is 11.0 Å². The summed E-state index contributed by atoms with van der Waals surface area (Å²) in [6.07, 6.45) is 2.55. The van der Waals surface area contributed by atoms with Crippen molar-refractivity contribution in [3.8, 4) is 0 Å². The van der Waals surface area contributed by atoms with Gasteiger partial charge in [0.1, 0.15) is 5.52 Å². The van der Waals surface area contributed by atoms with E-state index in [9.17, 15) is 0 Å². The zero-order valence-electron chi connectivity index (χ0n) is 9.66. The SMILES string of the molecule is Cc1nc2cc(NC3CC(C)C3)ccc2o1. The van der Waals surface area contributed by atoms with Crippen molar-refractivity contribution in [2.24, 2.45) is 5.92 Å². The fraction of sp³-hybridized carbons (Fsp3) is 0.462. The lowest BCUT2D eigenvalue weighted by atomic mass is 9.82. The number of nitrogens with zero attached hydrogens (tertiary/aromatic N) is 1. The Morgan fingerprint density at radius 3 is 2.94 bits per heavy atom. The van der Waals surface area contributed by atoms with Gasteiger partial charge in [-0.3, -0.25) is 0 Å². The lowest BCUT2D eigenvalue weighted by molar-refractivity contribution is 0.309. The second-order valence-electron chi connectivity index (χ2n) is 4.83. The van der Waals surface area contributed by atoms with E-state index in [4.69, 9.17) is 4.42 Å². The summed E-state index contributed by atoms with van der Waals surface area (Å²) in [5.41, 5.74) is 2.96. The number of hydrogen-bond donors (Lipinski definition) is 1. The van der Waals surface area contributed by atoms with E-state index in [1.165, 1.54) is 12.8 Å². The molecule has 1 aliphatic carbocycles. The van der Waals surface area contributed by atoms with Crippen molar-refractivity contribution in [2.45, 2.75) is 32.7 Å². The quantitative estimate of drug-likeness (QED) is 0.836. The molecule has 3 heteroatoms. The highest BCUT2D eigenvalue weighted by Crippen LogP contribution is 2.30. The largest absolute Gasteiger partial charge is 0.441 e. The van der Waals surface area contributed by atoms with E-state index < -0.39 is 0 Å². The fourth-order valence-corrected chi connectivity index (χ4v) is 2.39. The Balaban J connectivity index is 1.82. The summed E-state index contributed by atoms with van der Waals surface area (Å²) >= 11 is 0. The van der Waals surface area contributed by atoms with Gasteiger partial charge >= 0.3 is 0 Å². The molecule has 0 radical (unpaired) electrons. The predicted octanol–water partition coefficient (Wildman–Crippen LogP) is 3.35. The number of anilines is 1. The summed E-state index contributed by atoms with van der Waals surface area (Å²) in [4.78, 5) is 4.33. The topological polar surface area (TPSA) is 38.1 Å². The van der Waals surface area contributed by atoms with Gasteiger partial charge in [-0.2, -0.15) is 0 Å². The highest BCUT2D eigenvalue weighted by Gasteiger charge is 2.24. The van der Waals surface area contributed by atoms with Crippen LogP contribution in [-0.2, 0) is 0 Å². The van der Waals surface area contributed by atoms with Crippen LogP contribution in [0.3, 0.4) is 0 Å². The van der Waals surface area contributed by atoms with Gasteiger partial charge in [0.05, 0.1) is 0 Å². The Bertz CT molecular complexity index is 512. The van der Waals surface area contributed by atoms with Crippen LogP contribution >= 0.6 is 0 Å². The monoisotopic (exact) mass is 216 g/mol. The van der Waals surface area contributed by atoms with Gasteiger partial charge < -0.3 is 9.73 Å². The molecule has 1 saturated carbocycles. The van der Waals surface area contributed by atoms with Crippen molar-refractivity contribution < 1.29 is 4.42 Å². The van der Waals surface area contributed by atoms with Crippen molar-refractivity contribution in [3.63, 3.8) is 0 Å². The molecule has 0 spiro atoms. The highest BCUT2D eigenvalue weighted by molar-refractivity contribution is 5.77. The van der Waals surface area contributed by atoms with Gasteiger partial charge in [0.25, 0.3) is 0 Å². The van der Waals surface area contributed by atoms with Crippen LogP contribution in [0.1, 0.15) is 25.7 Å². The number of aromatic nitrogens is 1. The molecule has 1 N–H and O–H groups in total. The third-order valence-electron chi connectivity index (χ3n) is 3.24. The summed E-state index contributed by atoms with van der Waals surface area (Å²) in [5.74, 6) is 1.60. The Kier molecular flexibility index (Phi) is 2.13. The first kappa shape index (κ1) is 9.70. The molecule has 0 amide bonds. The number of fused-ring (bicyclic) bond motifs is 1. The summed E-state index contributed by atoms with van der Waals surface area (Å²) < 4.78 is 5.45. The first-order valence-electron chi connectivity index (χ1n) is 5.84. The first-order chi connectivity index (χ1) is 7.70. The van der Waals surface area contributed by atoms with Crippen LogP contribution in [0.4, 0.5) is 5.69 Å². The summed E-state index contributed by atoms with van der Waals surface area (Å²) in [5, 5.41) is 3.53. The summed E-state index contributed by atoms with van der Waals surface area (Å²) in [7, 11) is 0. The summed E-state index contributed by atoms with van der Waals surface area (Å²) in [6.45, 7) is 4.17. The minimum Gasteiger partial charge on any atom is -0.441 e. The molecule has 16 heavy (non-hydrogen) atoms. The Morgan fingerprint density at radius 2 is 2.19 bits per heavy atom. The highest BCUT2D eigenvalue weighted by atomic mass is 16.3. The third-order valence-corrected chi connectivity index (χ3v) is 3.24. The fourth-order valence-electron chi connectivity index (χ4n) is 2.39.